The average molecular weight is 428 g/mol. The Labute approximate surface area is 143 Å². The van der Waals surface area contributed by atoms with Gasteiger partial charge in [-0.15, -0.1) is 0 Å². The number of nitrogens with zero attached hydrogens (tertiary/aromatic N) is 2. The number of aromatic nitrogens is 2. The molecule has 5 nitrogen and oxygen atoms in total. The van der Waals surface area contributed by atoms with Gasteiger partial charge in [-0.2, -0.15) is 0 Å². The molecule has 0 aliphatic carbocycles. The first-order chi connectivity index (χ1) is 10.9. The average Bonchev–Trinajstić information content (AvgIpc) is 2.85. The molecule has 1 heterocycles. The van der Waals surface area contributed by atoms with E-state index >= 15 is 0 Å². The topological polar surface area (TPSA) is 72.9 Å². The Balaban J connectivity index is 2.21. The number of fused-ring (bicyclic) bond motifs is 1. The van der Waals surface area contributed by atoms with Crippen molar-refractivity contribution < 1.29 is 13.6 Å². The Hall–Kier alpha value is -2.23. The second-order valence-corrected chi connectivity index (χ2v) is 6.20. The third-order valence-corrected chi connectivity index (χ3v) is 4.09. The summed E-state index contributed by atoms with van der Waals surface area (Å²) in [6, 6.07) is 5.85. The molecule has 0 bridgehead atoms. The van der Waals surface area contributed by atoms with Gasteiger partial charge in [-0.05, 0) is 46.9 Å². The number of nitrogens with one attached hydrogen (secondary N) is 1. The van der Waals surface area contributed by atoms with Crippen LogP contribution >= 0.6 is 22.6 Å². The predicted molar refractivity (Wildman–Crippen MR) is 91.6 cm³/mol. The molecule has 118 valence electrons. The highest BCUT2D eigenvalue weighted by molar-refractivity contribution is 14.1. The van der Waals surface area contributed by atoms with Crippen LogP contribution in [-0.4, -0.2) is 15.5 Å². The first-order valence-electron chi connectivity index (χ1n) is 6.54. The predicted octanol–water partition coefficient (Wildman–Crippen LogP) is 3.30. The molecule has 3 aromatic rings. The maximum Gasteiger partial charge on any atom is 0.251 e. The lowest BCUT2D eigenvalue weighted by molar-refractivity contribution is 0.100. The Bertz CT molecular complexity index is 939. The summed E-state index contributed by atoms with van der Waals surface area (Å²) in [5.74, 6) is -2.14. The van der Waals surface area contributed by atoms with Crippen LogP contribution in [0.2, 0.25) is 0 Å². The van der Waals surface area contributed by atoms with Crippen LogP contribution in [0.25, 0.3) is 11.0 Å². The van der Waals surface area contributed by atoms with E-state index in [-0.39, 0.29) is 22.5 Å². The summed E-state index contributed by atoms with van der Waals surface area (Å²) >= 11 is 1.96. The Morgan fingerprint density at radius 1 is 1.35 bits per heavy atom. The summed E-state index contributed by atoms with van der Waals surface area (Å²) in [5, 5.41) is 2.62. The van der Waals surface area contributed by atoms with Crippen molar-refractivity contribution in [3.63, 3.8) is 0 Å². The highest BCUT2D eigenvalue weighted by Gasteiger charge is 2.20. The number of hydrogen-bond acceptors (Lipinski definition) is 3. The lowest BCUT2D eigenvalue weighted by Gasteiger charge is -2.13. The van der Waals surface area contributed by atoms with Crippen LogP contribution in [-0.2, 0) is 7.05 Å². The second-order valence-electron chi connectivity index (χ2n) is 4.95. The van der Waals surface area contributed by atoms with Gasteiger partial charge in [-0.1, -0.05) is 0 Å². The molecule has 0 unspecified atom stereocenters. The summed E-state index contributed by atoms with van der Waals surface area (Å²) in [4.78, 5) is 15.6. The number of imidazole rings is 1. The number of primary amides is 1. The number of halogens is 3. The number of carbonyl (C=O) groups excluding carboxylic acids is 1. The van der Waals surface area contributed by atoms with Gasteiger partial charge < -0.3 is 15.6 Å². The van der Waals surface area contributed by atoms with E-state index in [2.05, 4.69) is 10.3 Å². The van der Waals surface area contributed by atoms with Crippen molar-refractivity contribution in [1.82, 2.24) is 9.55 Å². The largest absolute Gasteiger partial charge is 0.366 e. The fourth-order valence-electron chi connectivity index (χ4n) is 2.27. The van der Waals surface area contributed by atoms with Gasteiger partial charge in [0.15, 0.2) is 5.82 Å². The van der Waals surface area contributed by atoms with E-state index in [0.717, 1.165) is 0 Å². The lowest BCUT2D eigenvalue weighted by Crippen LogP contribution is -2.15. The molecular formula is C15H11F2IN4O. The van der Waals surface area contributed by atoms with Gasteiger partial charge in [0.1, 0.15) is 11.3 Å². The zero-order chi connectivity index (χ0) is 16.7. The molecule has 3 N–H and O–H groups in total. The highest BCUT2D eigenvalue weighted by atomic mass is 127. The fraction of sp³-hybridized carbons (Fsp3) is 0.0667. The highest BCUT2D eigenvalue weighted by Crippen LogP contribution is 2.31. The zero-order valence-electron chi connectivity index (χ0n) is 11.9. The van der Waals surface area contributed by atoms with Crippen LogP contribution in [0, 0.1) is 15.2 Å². The molecule has 0 spiro atoms. The smallest absolute Gasteiger partial charge is 0.251 e. The van der Waals surface area contributed by atoms with Crippen molar-refractivity contribution in [3.05, 3.63) is 51.4 Å². The van der Waals surface area contributed by atoms with Crippen molar-refractivity contribution in [2.75, 3.05) is 5.32 Å². The molecule has 0 saturated carbocycles. The Kier molecular flexibility index (Phi) is 3.92. The maximum absolute atomic E-state index is 14.7. The molecule has 1 aromatic heterocycles. The molecule has 1 amide bonds. The molecule has 8 heteroatoms. The molecular weight excluding hydrogens is 417 g/mol. The number of nitrogens with two attached hydrogens (primary N) is 1. The summed E-state index contributed by atoms with van der Waals surface area (Å²) in [5.41, 5.74) is 5.62. The number of hydrogen-bond donors (Lipinski definition) is 2. The normalized spacial score (nSPS) is 11.0. The molecule has 0 radical (unpaired) electrons. The standard InChI is InChI=1S/C15H11F2IN4O/c1-22-6-20-14-11(22)5-8(15(19)23)13(12(14)17)21-10-3-2-7(18)4-9(10)16/h2-6,21H,1H3,(H2,19,23). The number of benzene rings is 2. The van der Waals surface area contributed by atoms with Crippen LogP contribution < -0.4 is 11.1 Å². The molecule has 0 atom stereocenters. The van der Waals surface area contributed by atoms with E-state index < -0.39 is 17.5 Å². The van der Waals surface area contributed by atoms with Crippen LogP contribution in [0.15, 0.2) is 30.6 Å². The van der Waals surface area contributed by atoms with Crippen LogP contribution in [0.4, 0.5) is 20.2 Å². The van der Waals surface area contributed by atoms with Gasteiger partial charge >= 0.3 is 0 Å². The van der Waals surface area contributed by atoms with Crippen molar-refractivity contribution in [3.8, 4) is 0 Å². The third kappa shape index (κ3) is 2.74. The summed E-state index contributed by atoms with van der Waals surface area (Å²) < 4.78 is 31.0. The van der Waals surface area contributed by atoms with Crippen molar-refractivity contribution >= 4 is 50.9 Å². The van der Waals surface area contributed by atoms with Crippen molar-refractivity contribution in [2.45, 2.75) is 0 Å². The molecule has 23 heavy (non-hydrogen) atoms. The van der Waals surface area contributed by atoms with Crippen LogP contribution in [0.1, 0.15) is 10.4 Å². The van der Waals surface area contributed by atoms with E-state index in [9.17, 15) is 13.6 Å². The van der Waals surface area contributed by atoms with Gasteiger partial charge in [0.25, 0.3) is 5.91 Å². The summed E-state index contributed by atoms with van der Waals surface area (Å²) in [7, 11) is 1.67. The van der Waals surface area contributed by atoms with E-state index in [1.54, 1.807) is 17.7 Å². The molecule has 0 fully saturated rings. The maximum atomic E-state index is 14.7. The number of carbonyl (C=O) groups is 1. The van der Waals surface area contributed by atoms with Crippen LogP contribution in [0.5, 0.6) is 0 Å². The molecule has 0 aliphatic rings. The molecule has 2 aromatic carbocycles. The van der Waals surface area contributed by atoms with Crippen molar-refractivity contribution in [1.29, 1.82) is 0 Å². The summed E-state index contributed by atoms with van der Waals surface area (Å²) in [6.07, 6.45) is 1.42. The number of rotatable bonds is 3. The van der Waals surface area contributed by atoms with Gasteiger partial charge in [-0.3, -0.25) is 4.79 Å². The number of anilines is 2. The van der Waals surface area contributed by atoms with Crippen molar-refractivity contribution in [2.24, 2.45) is 12.8 Å². The first kappa shape index (κ1) is 15.7. The Morgan fingerprint density at radius 3 is 2.74 bits per heavy atom. The number of amides is 1. The SMILES string of the molecule is Cn1cnc2c(F)c(Nc3ccc(I)cc3F)c(C(N)=O)cc21. The minimum absolute atomic E-state index is 0.0436. The van der Waals surface area contributed by atoms with E-state index in [0.29, 0.717) is 9.09 Å². The molecule has 0 saturated heterocycles. The quantitative estimate of drug-likeness (QED) is 0.629. The minimum Gasteiger partial charge on any atom is -0.366 e. The molecule has 3 rings (SSSR count). The van der Waals surface area contributed by atoms with E-state index in [4.69, 9.17) is 5.73 Å². The lowest BCUT2D eigenvalue weighted by atomic mass is 10.1. The second kappa shape index (κ2) is 5.76. The third-order valence-electron chi connectivity index (χ3n) is 3.42. The van der Waals surface area contributed by atoms with E-state index in [1.165, 1.54) is 24.5 Å². The fourth-order valence-corrected chi connectivity index (χ4v) is 2.72. The van der Waals surface area contributed by atoms with Gasteiger partial charge in [0.05, 0.1) is 28.8 Å². The monoisotopic (exact) mass is 428 g/mol. The van der Waals surface area contributed by atoms with Gasteiger partial charge in [0.2, 0.25) is 0 Å². The molecule has 0 aliphatic heterocycles. The van der Waals surface area contributed by atoms with Crippen LogP contribution in [0.3, 0.4) is 0 Å². The summed E-state index contributed by atoms with van der Waals surface area (Å²) in [6.45, 7) is 0. The number of aryl methyl sites for hydroxylation is 1. The van der Waals surface area contributed by atoms with Gasteiger partial charge in [-0.25, -0.2) is 13.8 Å². The Morgan fingerprint density at radius 2 is 2.09 bits per heavy atom. The van der Waals surface area contributed by atoms with E-state index in [1.807, 2.05) is 22.6 Å². The first-order valence-corrected chi connectivity index (χ1v) is 7.61. The minimum atomic E-state index is -0.819. The van der Waals surface area contributed by atoms with Gasteiger partial charge in [0, 0.05) is 10.6 Å². The zero-order valence-corrected chi connectivity index (χ0v) is 14.1.